The fraction of sp³-hybridized carbons (Fsp3) is 0.857. The maximum absolute atomic E-state index is 12.3. The first-order chi connectivity index (χ1) is 9.08. The second-order valence-corrected chi connectivity index (χ2v) is 5.79. The standard InChI is InChI=1S/C14H25N3O2/c1-11-10-15-5-8-17(11)14(19)9-13-3-6-16(7-4-13)12(2)18/h11,13,15H,3-10H2,1-2H3. The van der Waals surface area contributed by atoms with E-state index in [1.807, 2.05) is 9.80 Å². The lowest BCUT2D eigenvalue weighted by atomic mass is 9.92. The van der Waals surface area contributed by atoms with Crippen LogP contribution in [0.5, 0.6) is 0 Å². The van der Waals surface area contributed by atoms with E-state index in [4.69, 9.17) is 0 Å². The predicted molar refractivity (Wildman–Crippen MR) is 73.6 cm³/mol. The van der Waals surface area contributed by atoms with Gasteiger partial charge in [0, 0.05) is 52.1 Å². The second-order valence-electron chi connectivity index (χ2n) is 5.79. The molecule has 2 aliphatic rings. The van der Waals surface area contributed by atoms with Crippen molar-refractivity contribution in [2.75, 3.05) is 32.7 Å². The zero-order valence-electron chi connectivity index (χ0n) is 12.0. The van der Waals surface area contributed by atoms with Crippen LogP contribution in [-0.4, -0.2) is 60.4 Å². The molecule has 0 saturated carbocycles. The molecule has 2 amide bonds. The van der Waals surface area contributed by atoms with Crippen LogP contribution in [0.4, 0.5) is 0 Å². The first-order valence-corrected chi connectivity index (χ1v) is 7.33. The first kappa shape index (κ1) is 14.3. The van der Waals surface area contributed by atoms with E-state index in [0.717, 1.165) is 45.6 Å². The van der Waals surface area contributed by atoms with Crippen LogP contribution in [0.3, 0.4) is 0 Å². The second kappa shape index (κ2) is 6.37. The van der Waals surface area contributed by atoms with E-state index in [2.05, 4.69) is 12.2 Å². The average molecular weight is 267 g/mol. The van der Waals surface area contributed by atoms with E-state index in [0.29, 0.717) is 18.4 Å². The molecule has 2 fully saturated rings. The highest BCUT2D eigenvalue weighted by atomic mass is 16.2. The number of nitrogens with one attached hydrogen (secondary N) is 1. The van der Waals surface area contributed by atoms with E-state index in [1.54, 1.807) is 6.92 Å². The van der Waals surface area contributed by atoms with Crippen molar-refractivity contribution in [3.63, 3.8) is 0 Å². The van der Waals surface area contributed by atoms with E-state index >= 15 is 0 Å². The molecule has 2 rings (SSSR count). The maximum atomic E-state index is 12.3. The number of hydrogen-bond acceptors (Lipinski definition) is 3. The SMILES string of the molecule is CC(=O)N1CCC(CC(=O)N2CCNCC2C)CC1. The number of hydrogen-bond donors (Lipinski definition) is 1. The molecular weight excluding hydrogens is 242 g/mol. The Morgan fingerprint density at radius 1 is 1.21 bits per heavy atom. The van der Waals surface area contributed by atoms with Gasteiger partial charge < -0.3 is 15.1 Å². The number of piperazine rings is 1. The lowest BCUT2D eigenvalue weighted by molar-refractivity contribution is -0.135. The molecule has 1 unspecified atom stereocenters. The monoisotopic (exact) mass is 267 g/mol. The summed E-state index contributed by atoms with van der Waals surface area (Å²) in [6.45, 7) is 7.96. The van der Waals surface area contributed by atoms with Gasteiger partial charge in [-0.2, -0.15) is 0 Å². The van der Waals surface area contributed by atoms with Crippen LogP contribution in [0.15, 0.2) is 0 Å². The van der Waals surface area contributed by atoms with Gasteiger partial charge in [-0.15, -0.1) is 0 Å². The minimum atomic E-state index is 0.153. The number of nitrogens with zero attached hydrogens (tertiary/aromatic N) is 2. The Morgan fingerprint density at radius 2 is 1.89 bits per heavy atom. The van der Waals surface area contributed by atoms with Gasteiger partial charge in [-0.05, 0) is 25.7 Å². The topological polar surface area (TPSA) is 52.7 Å². The minimum absolute atomic E-state index is 0.153. The van der Waals surface area contributed by atoms with Crippen molar-refractivity contribution in [3.05, 3.63) is 0 Å². The molecule has 2 heterocycles. The third-order valence-corrected chi connectivity index (χ3v) is 4.34. The van der Waals surface area contributed by atoms with Crippen LogP contribution in [0.1, 0.15) is 33.1 Å². The van der Waals surface area contributed by atoms with Gasteiger partial charge in [-0.25, -0.2) is 0 Å². The highest BCUT2D eigenvalue weighted by Gasteiger charge is 2.27. The van der Waals surface area contributed by atoms with Crippen LogP contribution >= 0.6 is 0 Å². The summed E-state index contributed by atoms with van der Waals surface area (Å²) in [4.78, 5) is 27.5. The molecule has 2 aliphatic heterocycles. The molecule has 0 aromatic rings. The van der Waals surface area contributed by atoms with Gasteiger partial charge in [0.05, 0.1) is 0 Å². The fourth-order valence-electron chi connectivity index (χ4n) is 3.03. The lowest BCUT2D eigenvalue weighted by Gasteiger charge is -2.36. The molecule has 1 N–H and O–H groups in total. The molecule has 19 heavy (non-hydrogen) atoms. The first-order valence-electron chi connectivity index (χ1n) is 7.33. The smallest absolute Gasteiger partial charge is 0.223 e. The Labute approximate surface area is 115 Å². The Morgan fingerprint density at radius 3 is 2.47 bits per heavy atom. The molecule has 2 saturated heterocycles. The number of carbonyl (C=O) groups is 2. The summed E-state index contributed by atoms with van der Waals surface area (Å²) in [5, 5.41) is 3.30. The van der Waals surface area contributed by atoms with Crippen LogP contribution in [0.25, 0.3) is 0 Å². The summed E-state index contributed by atoms with van der Waals surface area (Å²) in [5.41, 5.74) is 0. The molecule has 0 bridgehead atoms. The number of rotatable bonds is 2. The van der Waals surface area contributed by atoms with Crippen LogP contribution < -0.4 is 5.32 Å². The van der Waals surface area contributed by atoms with E-state index in [1.165, 1.54) is 0 Å². The summed E-state index contributed by atoms with van der Waals surface area (Å²) in [7, 11) is 0. The van der Waals surface area contributed by atoms with Crippen molar-refractivity contribution >= 4 is 11.8 Å². The van der Waals surface area contributed by atoms with Gasteiger partial charge in [-0.1, -0.05) is 0 Å². The van der Waals surface area contributed by atoms with Gasteiger partial charge in [0.15, 0.2) is 0 Å². The molecule has 0 spiro atoms. The normalized spacial score (nSPS) is 25.5. The Hall–Kier alpha value is -1.10. The number of piperidine rings is 1. The zero-order valence-corrected chi connectivity index (χ0v) is 12.0. The van der Waals surface area contributed by atoms with Crippen molar-refractivity contribution in [2.24, 2.45) is 5.92 Å². The van der Waals surface area contributed by atoms with Gasteiger partial charge in [0.25, 0.3) is 0 Å². The molecule has 0 aliphatic carbocycles. The van der Waals surface area contributed by atoms with Crippen molar-refractivity contribution in [2.45, 2.75) is 39.2 Å². The van der Waals surface area contributed by atoms with Crippen molar-refractivity contribution in [3.8, 4) is 0 Å². The zero-order chi connectivity index (χ0) is 13.8. The average Bonchev–Trinajstić information content (AvgIpc) is 2.39. The Balaban J connectivity index is 1.78. The van der Waals surface area contributed by atoms with Crippen LogP contribution in [0, 0.1) is 5.92 Å². The molecular formula is C14H25N3O2. The highest BCUT2D eigenvalue weighted by molar-refractivity contribution is 5.77. The third kappa shape index (κ3) is 3.69. The highest BCUT2D eigenvalue weighted by Crippen LogP contribution is 2.22. The summed E-state index contributed by atoms with van der Waals surface area (Å²) < 4.78 is 0. The Bertz CT molecular complexity index is 338. The van der Waals surface area contributed by atoms with Crippen molar-refractivity contribution in [1.29, 1.82) is 0 Å². The van der Waals surface area contributed by atoms with Crippen molar-refractivity contribution < 1.29 is 9.59 Å². The van der Waals surface area contributed by atoms with Gasteiger partial charge >= 0.3 is 0 Å². The molecule has 108 valence electrons. The van der Waals surface area contributed by atoms with Crippen molar-refractivity contribution in [1.82, 2.24) is 15.1 Å². The summed E-state index contributed by atoms with van der Waals surface area (Å²) in [6, 6.07) is 0.304. The summed E-state index contributed by atoms with van der Waals surface area (Å²) in [6.07, 6.45) is 2.58. The van der Waals surface area contributed by atoms with E-state index in [-0.39, 0.29) is 11.8 Å². The number of amides is 2. The predicted octanol–water partition coefficient (Wildman–Crippen LogP) is 0.455. The molecule has 0 aromatic carbocycles. The summed E-state index contributed by atoms with van der Waals surface area (Å²) in [5.74, 6) is 0.890. The van der Waals surface area contributed by atoms with Gasteiger partial charge in [0.2, 0.25) is 11.8 Å². The molecule has 0 aromatic heterocycles. The van der Waals surface area contributed by atoms with E-state index in [9.17, 15) is 9.59 Å². The fourth-order valence-corrected chi connectivity index (χ4v) is 3.03. The Kier molecular flexibility index (Phi) is 4.80. The minimum Gasteiger partial charge on any atom is -0.343 e. The summed E-state index contributed by atoms with van der Waals surface area (Å²) >= 11 is 0. The quantitative estimate of drug-likeness (QED) is 0.790. The van der Waals surface area contributed by atoms with Crippen LogP contribution in [-0.2, 0) is 9.59 Å². The maximum Gasteiger partial charge on any atom is 0.223 e. The molecule has 5 heteroatoms. The molecule has 5 nitrogen and oxygen atoms in total. The van der Waals surface area contributed by atoms with E-state index < -0.39 is 0 Å². The molecule has 0 radical (unpaired) electrons. The largest absolute Gasteiger partial charge is 0.343 e. The number of likely N-dealkylation sites (tertiary alicyclic amines) is 1. The van der Waals surface area contributed by atoms with Gasteiger partial charge in [0.1, 0.15) is 0 Å². The van der Waals surface area contributed by atoms with Gasteiger partial charge in [-0.3, -0.25) is 9.59 Å². The number of carbonyl (C=O) groups excluding carboxylic acids is 2. The molecule has 1 atom stereocenters. The third-order valence-electron chi connectivity index (χ3n) is 4.34. The van der Waals surface area contributed by atoms with Crippen LogP contribution in [0.2, 0.25) is 0 Å². The lowest BCUT2D eigenvalue weighted by Crippen LogP contribution is -2.52.